The first-order valence-corrected chi connectivity index (χ1v) is 10.3. The number of aromatic nitrogens is 7. The number of imidazole rings is 1. The third kappa shape index (κ3) is 3.81. The van der Waals surface area contributed by atoms with Gasteiger partial charge in [-0.25, -0.2) is 9.67 Å². The highest BCUT2D eigenvalue weighted by molar-refractivity contribution is 5.85. The van der Waals surface area contributed by atoms with Crippen molar-refractivity contribution in [3.8, 4) is 11.8 Å². The van der Waals surface area contributed by atoms with Crippen molar-refractivity contribution in [2.45, 2.75) is 38.9 Å². The van der Waals surface area contributed by atoms with Gasteiger partial charge in [0.05, 0.1) is 12.7 Å². The Morgan fingerprint density at radius 2 is 2.16 bits per heavy atom. The lowest BCUT2D eigenvalue weighted by atomic mass is 10.1. The summed E-state index contributed by atoms with van der Waals surface area (Å²) in [6, 6.07) is 5.75. The van der Waals surface area contributed by atoms with Crippen LogP contribution in [-0.2, 0) is 13.1 Å². The largest absolute Gasteiger partial charge is 0.341 e. The Labute approximate surface area is 190 Å². The number of nitrogens with zero attached hydrogens (tertiary/aromatic N) is 8. The van der Waals surface area contributed by atoms with Crippen LogP contribution in [-0.4, -0.2) is 53.1 Å². The summed E-state index contributed by atoms with van der Waals surface area (Å²) in [5, 5.41) is 12.7. The maximum atomic E-state index is 13.4. The fourth-order valence-corrected chi connectivity index (χ4v) is 4.06. The van der Waals surface area contributed by atoms with Crippen molar-refractivity contribution >= 4 is 35.0 Å². The number of anilines is 1. The van der Waals surface area contributed by atoms with E-state index in [0.29, 0.717) is 29.9 Å². The summed E-state index contributed by atoms with van der Waals surface area (Å²) >= 11 is 0. The van der Waals surface area contributed by atoms with Crippen LogP contribution >= 0.6 is 12.4 Å². The van der Waals surface area contributed by atoms with Gasteiger partial charge in [0.1, 0.15) is 17.6 Å². The summed E-state index contributed by atoms with van der Waals surface area (Å²) in [6.07, 6.45) is 5.48. The van der Waals surface area contributed by atoms with Gasteiger partial charge >= 0.3 is 0 Å². The Kier molecular flexibility index (Phi) is 6.12. The minimum atomic E-state index is -0.233. The van der Waals surface area contributed by atoms with Crippen molar-refractivity contribution < 1.29 is 0 Å². The van der Waals surface area contributed by atoms with Crippen molar-refractivity contribution in [3.05, 3.63) is 46.8 Å². The second-order valence-corrected chi connectivity index (χ2v) is 7.66. The smallest absolute Gasteiger partial charge is 0.293 e. The summed E-state index contributed by atoms with van der Waals surface area (Å²) in [7, 11) is 0. The van der Waals surface area contributed by atoms with E-state index in [1.165, 1.54) is 4.68 Å². The molecule has 11 heteroatoms. The molecule has 4 aromatic heterocycles. The van der Waals surface area contributed by atoms with Crippen molar-refractivity contribution in [2.75, 3.05) is 18.0 Å². The molecule has 5 heterocycles. The molecule has 0 aromatic carbocycles. The Bertz CT molecular complexity index is 1380. The lowest BCUT2D eigenvalue weighted by molar-refractivity contribution is 0.496. The van der Waals surface area contributed by atoms with Gasteiger partial charge in [-0.2, -0.15) is 5.10 Å². The number of nitrogens with two attached hydrogens (primary N) is 1. The molecule has 166 valence electrons. The predicted molar refractivity (Wildman–Crippen MR) is 124 cm³/mol. The average Bonchev–Trinajstić information content (AvgIpc) is 3.36. The molecule has 1 aliphatic heterocycles. The summed E-state index contributed by atoms with van der Waals surface area (Å²) in [6.45, 7) is 3.92. The first-order valence-electron chi connectivity index (χ1n) is 10.3. The maximum absolute atomic E-state index is 13.4. The fourth-order valence-electron chi connectivity index (χ4n) is 4.06. The molecule has 1 fully saturated rings. The van der Waals surface area contributed by atoms with Gasteiger partial charge in [0.25, 0.3) is 5.56 Å². The first-order chi connectivity index (χ1) is 15.2. The molecule has 1 atom stereocenters. The van der Waals surface area contributed by atoms with Crippen LogP contribution < -0.4 is 16.2 Å². The lowest BCUT2D eigenvalue weighted by Gasteiger charge is -2.31. The highest BCUT2D eigenvalue weighted by Gasteiger charge is 2.24. The zero-order valence-electron chi connectivity index (χ0n) is 17.7. The quantitative estimate of drug-likeness (QED) is 0.459. The van der Waals surface area contributed by atoms with Crippen LogP contribution in [0.15, 0.2) is 35.4 Å². The van der Waals surface area contributed by atoms with Crippen LogP contribution in [0.4, 0.5) is 5.95 Å². The molecular formula is C21H24ClN9O. The van der Waals surface area contributed by atoms with Crippen molar-refractivity contribution in [1.82, 2.24) is 33.9 Å². The second-order valence-electron chi connectivity index (χ2n) is 7.66. The molecule has 0 saturated carbocycles. The standard InChI is InChI=1S/C21H23N9O.ClH/c1-2-3-10-29-19-16(24-21(29)27-9-6-7-15(22)13-27)12-23-30(20(19)31)14-18-26-25-17-8-4-5-11-28(17)18;/h4-5,8,11-12,15H,6-7,9-10,13-14,22H2,1H3;1H/t15-;/m1./s1. The molecule has 5 rings (SSSR count). The molecule has 1 saturated heterocycles. The number of piperidine rings is 1. The van der Waals surface area contributed by atoms with E-state index < -0.39 is 0 Å². The SMILES string of the molecule is CC#CCn1c(N2CCC[C@@H](N)C2)nc2cnn(Cc3nnc4ccccn34)c(=O)c21.Cl. The number of hydrogen-bond donors (Lipinski definition) is 1. The van der Waals surface area contributed by atoms with Gasteiger partial charge in [0.15, 0.2) is 11.5 Å². The van der Waals surface area contributed by atoms with Gasteiger partial charge in [-0.15, -0.1) is 28.5 Å². The molecule has 10 nitrogen and oxygen atoms in total. The number of rotatable bonds is 4. The van der Waals surface area contributed by atoms with Gasteiger partial charge in [-0.3, -0.25) is 13.8 Å². The molecular weight excluding hydrogens is 430 g/mol. The van der Waals surface area contributed by atoms with E-state index in [2.05, 4.69) is 32.0 Å². The molecule has 0 aliphatic carbocycles. The van der Waals surface area contributed by atoms with Gasteiger partial charge in [0, 0.05) is 25.3 Å². The summed E-state index contributed by atoms with van der Waals surface area (Å²) in [5.74, 6) is 7.33. The van der Waals surface area contributed by atoms with Crippen molar-refractivity contribution in [1.29, 1.82) is 0 Å². The Balaban J connectivity index is 0.00000245. The van der Waals surface area contributed by atoms with E-state index in [0.717, 1.165) is 31.0 Å². The van der Waals surface area contributed by atoms with Crippen molar-refractivity contribution in [2.24, 2.45) is 5.73 Å². The molecule has 1 aliphatic rings. The molecule has 0 bridgehead atoms. The maximum Gasteiger partial charge on any atom is 0.293 e. The number of fused-ring (bicyclic) bond motifs is 2. The summed E-state index contributed by atoms with van der Waals surface area (Å²) < 4.78 is 5.13. The Hall–Kier alpha value is -3.42. The number of halogens is 1. The van der Waals surface area contributed by atoms with Crippen molar-refractivity contribution in [3.63, 3.8) is 0 Å². The molecule has 0 amide bonds. The Morgan fingerprint density at radius 1 is 1.28 bits per heavy atom. The number of hydrogen-bond acceptors (Lipinski definition) is 7. The van der Waals surface area contributed by atoms with Crippen LogP contribution in [0.25, 0.3) is 16.7 Å². The normalized spacial score (nSPS) is 16.1. The highest BCUT2D eigenvalue weighted by Crippen LogP contribution is 2.23. The van der Waals surface area contributed by atoms with Gasteiger partial charge in [0.2, 0.25) is 5.95 Å². The zero-order valence-corrected chi connectivity index (χ0v) is 18.5. The van der Waals surface area contributed by atoms with E-state index in [9.17, 15) is 4.79 Å². The van der Waals surface area contributed by atoms with Crippen LogP contribution in [0.1, 0.15) is 25.6 Å². The lowest BCUT2D eigenvalue weighted by Crippen LogP contribution is -2.44. The summed E-state index contributed by atoms with van der Waals surface area (Å²) in [5.41, 5.74) is 7.71. The minimum absolute atomic E-state index is 0. The van der Waals surface area contributed by atoms with Gasteiger partial charge in [-0.05, 0) is 31.9 Å². The monoisotopic (exact) mass is 453 g/mol. The van der Waals surface area contributed by atoms with Crippen LogP contribution in [0, 0.1) is 11.8 Å². The molecule has 0 unspecified atom stereocenters. The first kappa shape index (κ1) is 21.8. The second kappa shape index (κ2) is 8.98. The van der Waals surface area contributed by atoms with E-state index in [4.69, 9.17) is 10.7 Å². The van der Waals surface area contributed by atoms with Crippen LogP contribution in [0.3, 0.4) is 0 Å². The molecule has 2 N–H and O–H groups in total. The van der Waals surface area contributed by atoms with Crippen LogP contribution in [0.2, 0.25) is 0 Å². The van der Waals surface area contributed by atoms with Gasteiger partial charge < -0.3 is 10.6 Å². The van der Waals surface area contributed by atoms with E-state index in [-0.39, 0.29) is 30.6 Å². The fraction of sp³-hybridized carbons (Fsp3) is 0.381. The van der Waals surface area contributed by atoms with E-state index in [1.807, 2.05) is 33.4 Å². The third-order valence-corrected chi connectivity index (χ3v) is 5.56. The number of pyridine rings is 1. The molecule has 32 heavy (non-hydrogen) atoms. The van der Waals surface area contributed by atoms with E-state index >= 15 is 0 Å². The average molecular weight is 454 g/mol. The molecule has 4 aromatic rings. The molecule has 0 radical (unpaired) electrons. The van der Waals surface area contributed by atoms with Gasteiger partial charge in [-0.1, -0.05) is 12.0 Å². The third-order valence-electron chi connectivity index (χ3n) is 5.56. The molecule has 0 spiro atoms. The predicted octanol–water partition coefficient (Wildman–Crippen LogP) is 1.06. The topological polar surface area (TPSA) is 112 Å². The van der Waals surface area contributed by atoms with Crippen LogP contribution in [0.5, 0.6) is 0 Å². The zero-order chi connectivity index (χ0) is 21.4. The minimum Gasteiger partial charge on any atom is -0.341 e. The highest BCUT2D eigenvalue weighted by atomic mass is 35.5. The Morgan fingerprint density at radius 3 is 2.97 bits per heavy atom. The summed E-state index contributed by atoms with van der Waals surface area (Å²) in [4.78, 5) is 20.3. The van der Waals surface area contributed by atoms with E-state index in [1.54, 1.807) is 13.1 Å².